The van der Waals surface area contributed by atoms with Crippen molar-refractivity contribution in [3.05, 3.63) is 50.3 Å². The maximum Gasteiger partial charge on any atom is 0.341 e. The van der Waals surface area contributed by atoms with Gasteiger partial charge in [0.25, 0.3) is 5.91 Å². The number of ether oxygens (including phenoxy) is 1. The van der Waals surface area contributed by atoms with E-state index in [-0.39, 0.29) is 5.91 Å². The van der Waals surface area contributed by atoms with Crippen LogP contribution in [0.3, 0.4) is 0 Å². The van der Waals surface area contributed by atoms with E-state index in [1.807, 2.05) is 19.9 Å². The molecular weight excluding hydrogens is 366 g/mol. The maximum absolute atomic E-state index is 12.4. The Morgan fingerprint density at radius 3 is 2.59 bits per heavy atom. The molecule has 1 aromatic heterocycles. The SMILES string of the molecule is CCOC(=O)c1c(NC(=O)c2ccccc2Br)sc(C)c1C. The lowest BCUT2D eigenvalue weighted by Crippen LogP contribution is -2.15. The van der Waals surface area contributed by atoms with Gasteiger partial charge in [0.15, 0.2) is 0 Å². The van der Waals surface area contributed by atoms with Crippen LogP contribution in [-0.2, 0) is 4.74 Å². The maximum atomic E-state index is 12.4. The number of hydrogen-bond donors (Lipinski definition) is 1. The summed E-state index contributed by atoms with van der Waals surface area (Å²) in [7, 11) is 0. The van der Waals surface area contributed by atoms with Gasteiger partial charge in [-0.1, -0.05) is 12.1 Å². The highest BCUT2D eigenvalue weighted by Gasteiger charge is 2.22. The van der Waals surface area contributed by atoms with E-state index in [9.17, 15) is 9.59 Å². The Balaban J connectivity index is 2.34. The van der Waals surface area contributed by atoms with E-state index in [4.69, 9.17) is 4.74 Å². The second-order valence-electron chi connectivity index (χ2n) is 4.64. The average molecular weight is 382 g/mol. The van der Waals surface area contributed by atoms with Gasteiger partial charge in [-0.3, -0.25) is 4.79 Å². The van der Waals surface area contributed by atoms with Crippen LogP contribution in [-0.4, -0.2) is 18.5 Å². The first-order chi connectivity index (χ1) is 10.5. The lowest BCUT2D eigenvalue weighted by molar-refractivity contribution is 0.0527. The normalized spacial score (nSPS) is 10.4. The van der Waals surface area contributed by atoms with Gasteiger partial charge in [0, 0.05) is 9.35 Å². The van der Waals surface area contributed by atoms with E-state index in [1.54, 1.807) is 25.1 Å². The molecule has 0 atom stereocenters. The minimum atomic E-state index is -0.410. The fraction of sp³-hybridized carbons (Fsp3) is 0.250. The van der Waals surface area contributed by atoms with E-state index in [0.717, 1.165) is 10.4 Å². The van der Waals surface area contributed by atoms with Gasteiger partial charge < -0.3 is 10.1 Å². The van der Waals surface area contributed by atoms with Crippen molar-refractivity contribution in [3.8, 4) is 0 Å². The first kappa shape index (κ1) is 16.7. The molecule has 22 heavy (non-hydrogen) atoms. The van der Waals surface area contributed by atoms with Gasteiger partial charge in [-0.25, -0.2) is 4.79 Å². The molecule has 0 bridgehead atoms. The van der Waals surface area contributed by atoms with Gasteiger partial charge in [-0.2, -0.15) is 0 Å². The third-order valence-electron chi connectivity index (χ3n) is 3.21. The number of benzene rings is 1. The summed E-state index contributed by atoms with van der Waals surface area (Å²) in [6, 6.07) is 7.14. The quantitative estimate of drug-likeness (QED) is 0.789. The summed E-state index contributed by atoms with van der Waals surface area (Å²) in [5.41, 5.74) is 1.79. The molecule has 0 saturated carbocycles. The number of rotatable bonds is 4. The third-order valence-corrected chi connectivity index (χ3v) is 5.02. The van der Waals surface area contributed by atoms with Gasteiger partial charge >= 0.3 is 5.97 Å². The predicted molar refractivity (Wildman–Crippen MR) is 91.8 cm³/mol. The second kappa shape index (κ2) is 7.07. The van der Waals surface area contributed by atoms with Crippen LogP contribution in [0.25, 0.3) is 0 Å². The zero-order valence-electron chi connectivity index (χ0n) is 12.5. The Morgan fingerprint density at radius 1 is 1.27 bits per heavy atom. The predicted octanol–water partition coefficient (Wildman–Crippen LogP) is 4.56. The van der Waals surface area contributed by atoms with E-state index in [2.05, 4.69) is 21.2 Å². The van der Waals surface area contributed by atoms with Crippen molar-refractivity contribution in [1.82, 2.24) is 0 Å². The molecule has 2 rings (SSSR count). The molecule has 4 nitrogen and oxygen atoms in total. The van der Waals surface area contributed by atoms with Crippen LogP contribution in [0.2, 0.25) is 0 Å². The van der Waals surface area contributed by atoms with Gasteiger partial charge in [0.2, 0.25) is 0 Å². The number of carbonyl (C=O) groups excluding carboxylic acids is 2. The zero-order chi connectivity index (χ0) is 16.3. The Bertz CT molecular complexity index is 724. The molecule has 0 radical (unpaired) electrons. The van der Waals surface area contributed by atoms with E-state index < -0.39 is 5.97 Å². The molecule has 2 aromatic rings. The number of anilines is 1. The Hall–Kier alpha value is -1.66. The second-order valence-corrected chi connectivity index (χ2v) is 6.72. The largest absolute Gasteiger partial charge is 0.462 e. The van der Waals surface area contributed by atoms with Gasteiger partial charge in [-0.15, -0.1) is 11.3 Å². The molecule has 1 aromatic carbocycles. The number of carbonyl (C=O) groups is 2. The number of thiophene rings is 1. The zero-order valence-corrected chi connectivity index (χ0v) is 14.9. The summed E-state index contributed by atoms with van der Waals surface area (Å²) < 4.78 is 5.78. The summed E-state index contributed by atoms with van der Waals surface area (Å²) in [4.78, 5) is 25.5. The van der Waals surface area contributed by atoms with Gasteiger partial charge in [0.05, 0.1) is 17.7 Å². The number of aryl methyl sites for hydroxylation is 1. The van der Waals surface area contributed by atoms with Crippen LogP contribution < -0.4 is 5.32 Å². The van der Waals surface area contributed by atoms with Crippen molar-refractivity contribution in [2.24, 2.45) is 0 Å². The third kappa shape index (κ3) is 3.39. The molecule has 1 amide bonds. The number of hydrogen-bond acceptors (Lipinski definition) is 4. The van der Waals surface area contributed by atoms with Crippen molar-refractivity contribution in [1.29, 1.82) is 0 Å². The van der Waals surface area contributed by atoms with Crippen molar-refractivity contribution in [3.63, 3.8) is 0 Å². The van der Waals surface area contributed by atoms with E-state index in [1.165, 1.54) is 11.3 Å². The van der Waals surface area contributed by atoms with Crippen molar-refractivity contribution >= 4 is 44.1 Å². The lowest BCUT2D eigenvalue weighted by Gasteiger charge is -2.08. The van der Waals surface area contributed by atoms with Gasteiger partial charge in [-0.05, 0) is 54.4 Å². The summed E-state index contributed by atoms with van der Waals surface area (Å²) in [5, 5.41) is 3.34. The number of esters is 1. The average Bonchev–Trinajstić information content (AvgIpc) is 2.74. The molecule has 1 N–H and O–H groups in total. The summed E-state index contributed by atoms with van der Waals surface area (Å²) in [5.74, 6) is -0.675. The highest BCUT2D eigenvalue weighted by atomic mass is 79.9. The molecule has 0 aliphatic heterocycles. The smallest absolute Gasteiger partial charge is 0.341 e. The standard InChI is InChI=1S/C16H16BrNO3S/c1-4-21-16(20)13-9(2)10(3)22-15(13)18-14(19)11-7-5-6-8-12(11)17/h5-8H,4H2,1-3H3,(H,18,19). The van der Waals surface area contributed by atoms with Crippen LogP contribution in [0.4, 0.5) is 5.00 Å². The molecule has 0 fully saturated rings. The number of amides is 1. The first-order valence-electron chi connectivity index (χ1n) is 6.78. The molecule has 0 spiro atoms. The van der Waals surface area contributed by atoms with Crippen LogP contribution in [0.15, 0.2) is 28.7 Å². The first-order valence-corrected chi connectivity index (χ1v) is 8.39. The molecule has 1 heterocycles. The Kier molecular flexibility index (Phi) is 5.37. The van der Waals surface area contributed by atoms with Crippen molar-refractivity contribution in [2.75, 3.05) is 11.9 Å². The molecule has 0 aliphatic carbocycles. The molecule has 0 unspecified atom stereocenters. The number of nitrogens with one attached hydrogen (secondary N) is 1. The molecule has 6 heteroatoms. The number of halogens is 1. The van der Waals surface area contributed by atoms with Crippen LogP contribution in [0, 0.1) is 13.8 Å². The minimum absolute atomic E-state index is 0.265. The molecule has 116 valence electrons. The van der Waals surface area contributed by atoms with Crippen molar-refractivity contribution in [2.45, 2.75) is 20.8 Å². The summed E-state index contributed by atoms with van der Waals surface area (Å²) in [6.07, 6.45) is 0. The fourth-order valence-corrected chi connectivity index (χ4v) is 3.49. The van der Waals surface area contributed by atoms with Crippen LogP contribution in [0.5, 0.6) is 0 Å². The molecule has 0 saturated heterocycles. The molecular formula is C16H16BrNO3S. The van der Waals surface area contributed by atoms with Gasteiger partial charge in [0.1, 0.15) is 5.00 Å². The van der Waals surface area contributed by atoms with Crippen LogP contribution in [0.1, 0.15) is 38.1 Å². The van der Waals surface area contributed by atoms with Crippen molar-refractivity contribution < 1.29 is 14.3 Å². The summed E-state index contributed by atoms with van der Waals surface area (Å²) in [6.45, 7) is 5.82. The fourth-order valence-electron chi connectivity index (χ4n) is 1.98. The topological polar surface area (TPSA) is 55.4 Å². The molecule has 0 aliphatic rings. The monoisotopic (exact) mass is 381 g/mol. The van der Waals surface area contributed by atoms with E-state index in [0.29, 0.717) is 27.2 Å². The highest BCUT2D eigenvalue weighted by Crippen LogP contribution is 2.33. The van der Waals surface area contributed by atoms with Crippen LogP contribution >= 0.6 is 27.3 Å². The lowest BCUT2D eigenvalue weighted by atomic mass is 10.1. The highest BCUT2D eigenvalue weighted by molar-refractivity contribution is 9.10. The minimum Gasteiger partial charge on any atom is -0.462 e. The Labute approximate surface area is 141 Å². The summed E-state index contributed by atoms with van der Waals surface area (Å²) >= 11 is 4.73. The van der Waals surface area contributed by atoms with E-state index >= 15 is 0 Å². The Morgan fingerprint density at radius 2 is 1.95 bits per heavy atom.